The maximum absolute atomic E-state index is 12.1. The van der Waals surface area contributed by atoms with E-state index in [4.69, 9.17) is 4.42 Å². The topological polar surface area (TPSA) is 84.2 Å². The number of nitrogens with zero attached hydrogens (tertiary/aromatic N) is 1. The van der Waals surface area contributed by atoms with Crippen molar-refractivity contribution in [3.63, 3.8) is 0 Å². The van der Waals surface area contributed by atoms with E-state index in [0.29, 0.717) is 11.7 Å². The Bertz CT molecular complexity index is 506. The van der Waals surface area contributed by atoms with Gasteiger partial charge in [0.25, 0.3) is 0 Å². The zero-order chi connectivity index (χ0) is 13.9. The molecule has 0 bridgehead atoms. The van der Waals surface area contributed by atoms with Gasteiger partial charge in [-0.3, -0.25) is 0 Å². The molecule has 1 fully saturated rings. The minimum atomic E-state index is -3.31. The first-order valence-corrected chi connectivity index (χ1v) is 8.24. The average Bonchev–Trinajstić information content (AvgIpc) is 2.76. The lowest BCUT2D eigenvalue weighted by atomic mass is 10.0. The third-order valence-electron chi connectivity index (χ3n) is 3.22. The van der Waals surface area contributed by atoms with Crippen LogP contribution in [0.1, 0.15) is 37.5 Å². The van der Waals surface area contributed by atoms with Crippen molar-refractivity contribution in [3.05, 3.63) is 17.8 Å². The fraction of sp³-hybridized carbons (Fsp3) is 0.750. The highest BCUT2D eigenvalue weighted by atomic mass is 32.2. The Morgan fingerprint density at radius 2 is 2.42 bits per heavy atom. The largest absolute Gasteiger partial charge is 0.444 e. The molecule has 2 unspecified atom stereocenters. The molecule has 7 heteroatoms. The van der Waals surface area contributed by atoms with Crippen molar-refractivity contribution >= 4 is 10.0 Å². The molecule has 0 aliphatic carbocycles. The van der Waals surface area contributed by atoms with Crippen molar-refractivity contribution < 1.29 is 12.8 Å². The Labute approximate surface area is 114 Å². The van der Waals surface area contributed by atoms with E-state index < -0.39 is 16.1 Å². The number of oxazole rings is 1. The van der Waals surface area contributed by atoms with Crippen molar-refractivity contribution in [1.29, 1.82) is 0 Å². The Morgan fingerprint density at radius 1 is 1.63 bits per heavy atom. The van der Waals surface area contributed by atoms with E-state index in [1.165, 1.54) is 0 Å². The lowest BCUT2D eigenvalue weighted by molar-refractivity contribution is 0.398. The number of rotatable bonds is 5. The zero-order valence-corrected chi connectivity index (χ0v) is 12.2. The van der Waals surface area contributed by atoms with Gasteiger partial charge in [-0.25, -0.2) is 18.1 Å². The summed E-state index contributed by atoms with van der Waals surface area (Å²) in [4.78, 5) is 4.04. The molecular formula is C12H21N3O3S. The Balaban J connectivity index is 1.92. The van der Waals surface area contributed by atoms with Crippen LogP contribution in [0.3, 0.4) is 0 Å². The van der Waals surface area contributed by atoms with E-state index in [0.717, 1.165) is 25.9 Å². The molecule has 2 heterocycles. The number of aryl methyl sites for hydroxylation is 1. The number of hydrogen-bond acceptors (Lipinski definition) is 5. The van der Waals surface area contributed by atoms with Crippen LogP contribution >= 0.6 is 0 Å². The number of nitrogens with one attached hydrogen (secondary N) is 2. The summed E-state index contributed by atoms with van der Waals surface area (Å²) in [5.41, 5.74) is 0. The lowest BCUT2D eigenvalue weighted by Crippen LogP contribution is -2.38. The van der Waals surface area contributed by atoms with Crippen LogP contribution in [-0.2, 0) is 10.0 Å². The first-order chi connectivity index (χ1) is 8.96. The molecule has 6 nitrogen and oxygen atoms in total. The van der Waals surface area contributed by atoms with Crippen LogP contribution in [0.4, 0.5) is 0 Å². The highest BCUT2D eigenvalue weighted by molar-refractivity contribution is 7.89. The standard InChI is InChI=1S/C12H21N3O3S/c1-9-6-14-12(18-9)10(2)15-19(16,17)8-11-4-3-5-13-7-11/h6,10-11,13,15H,3-5,7-8H2,1-2H3. The third-order valence-corrected chi connectivity index (χ3v) is 4.84. The molecule has 0 aromatic carbocycles. The fourth-order valence-corrected chi connectivity index (χ4v) is 3.96. The number of sulfonamides is 1. The molecule has 1 aromatic rings. The molecule has 108 valence electrons. The molecule has 19 heavy (non-hydrogen) atoms. The van der Waals surface area contributed by atoms with Crippen LogP contribution in [0.25, 0.3) is 0 Å². The van der Waals surface area contributed by atoms with Gasteiger partial charge in [0, 0.05) is 0 Å². The molecule has 1 aliphatic rings. The van der Waals surface area contributed by atoms with Crippen molar-refractivity contribution in [2.24, 2.45) is 5.92 Å². The SMILES string of the molecule is Cc1cnc(C(C)NS(=O)(=O)CC2CCCNC2)o1. The second-order valence-electron chi connectivity index (χ2n) is 5.14. The maximum atomic E-state index is 12.1. The molecule has 0 radical (unpaired) electrons. The minimum absolute atomic E-state index is 0.157. The van der Waals surface area contributed by atoms with Crippen LogP contribution in [-0.4, -0.2) is 32.2 Å². The van der Waals surface area contributed by atoms with Crippen LogP contribution in [0.5, 0.6) is 0 Å². The summed E-state index contributed by atoms with van der Waals surface area (Å²) in [5, 5.41) is 3.22. The predicted molar refractivity (Wildman–Crippen MR) is 72.2 cm³/mol. The molecule has 1 aliphatic heterocycles. The number of hydrogen-bond donors (Lipinski definition) is 2. The van der Waals surface area contributed by atoms with Crippen molar-refractivity contribution in [2.45, 2.75) is 32.7 Å². The summed E-state index contributed by atoms with van der Waals surface area (Å²) in [7, 11) is -3.31. The monoisotopic (exact) mass is 287 g/mol. The van der Waals surface area contributed by atoms with Crippen molar-refractivity contribution in [2.75, 3.05) is 18.8 Å². The summed E-state index contributed by atoms with van der Waals surface area (Å²) in [6, 6.07) is -0.435. The molecule has 1 aromatic heterocycles. The first-order valence-electron chi connectivity index (χ1n) is 6.59. The fourth-order valence-electron chi connectivity index (χ4n) is 2.32. The van der Waals surface area contributed by atoms with E-state index in [1.54, 1.807) is 20.0 Å². The predicted octanol–water partition coefficient (Wildman–Crippen LogP) is 0.963. The zero-order valence-electron chi connectivity index (χ0n) is 11.3. The van der Waals surface area contributed by atoms with E-state index in [2.05, 4.69) is 15.0 Å². The van der Waals surface area contributed by atoms with Gasteiger partial charge in [0.2, 0.25) is 15.9 Å². The Morgan fingerprint density at radius 3 is 3.00 bits per heavy atom. The molecule has 1 saturated heterocycles. The minimum Gasteiger partial charge on any atom is -0.444 e. The maximum Gasteiger partial charge on any atom is 0.212 e. The van der Waals surface area contributed by atoms with Crippen molar-refractivity contribution in [3.8, 4) is 0 Å². The van der Waals surface area contributed by atoms with Crippen LogP contribution in [0.2, 0.25) is 0 Å². The summed E-state index contributed by atoms with van der Waals surface area (Å²) in [6.07, 6.45) is 3.58. The summed E-state index contributed by atoms with van der Waals surface area (Å²) in [6.45, 7) is 5.27. The van der Waals surface area contributed by atoms with Gasteiger partial charge in [-0.15, -0.1) is 0 Å². The summed E-state index contributed by atoms with van der Waals surface area (Å²) in [5.74, 6) is 1.43. The molecule has 0 saturated carbocycles. The third kappa shape index (κ3) is 4.29. The highest BCUT2D eigenvalue weighted by Gasteiger charge is 2.24. The first kappa shape index (κ1) is 14.5. The van der Waals surface area contributed by atoms with Crippen LogP contribution < -0.4 is 10.0 Å². The molecule has 0 amide bonds. The van der Waals surface area contributed by atoms with Gasteiger partial charge in [0.05, 0.1) is 18.0 Å². The van der Waals surface area contributed by atoms with Crippen LogP contribution in [0, 0.1) is 12.8 Å². The molecular weight excluding hydrogens is 266 g/mol. The smallest absolute Gasteiger partial charge is 0.212 e. The lowest BCUT2D eigenvalue weighted by Gasteiger charge is -2.23. The van der Waals surface area contributed by atoms with Crippen molar-refractivity contribution in [1.82, 2.24) is 15.0 Å². The second kappa shape index (κ2) is 6.02. The van der Waals surface area contributed by atoms with Gasteiger partial charge < -0.3 is 9.73 Å². The molecule has 0 spiro atoms. The van der Waals surface area contributed by atoms with Gasteiger partial charge in [-0.05, 0) is 45.7 Å². The Hall–Kier alpha value is -0.920. The highest BCUT2D eigenvalue weighted by Crippen LogP contribution is 2.16. The Kier molecular flexibility index (Phi) is 4.59. The van der Waals surface area contributed by atoms with Gasteiger partial charge in [-0.1, -0.05) is 0 Å². The molecule has 2 N–H and O–H groups in total. The molecule has 2 rings (SSSR count). The molecule has 2 atom stereocenters. The van der Waals surface area contributed by atoms with E-state index in [-0.39, 0.29) is 11.7 Å². The summed E-state index contributed by atoms with van der Waals surface area (Å²) >= 11 is 0. The average molecular weight is 287 g/mol. The number of piperidine rings is 1. The normalized spacial score (nSPS) is 22.3. The van der Waals surface area contributed by atoms with Gasteiger partial charge in [-0.2, -0.15) is 0 Å². The van der Waals surface area contributed by atoms with E-state index >= 15 is 0 Å². The summed E-state index contributed by atoms with van der Waals surface area (Å²) < 4.78 is 32.1. The number of aromatic nitrogens is 1. The van der Waals surface area contributed by atoms with E-state index in [9.17, 15) is 8.42 Å². The quantitative estimate of drug-likeness (QED) is 0.843. The van der Waals surface area contributed by atoms with Gasteiger partial charge >= 0.3 is 0 Å². The van der Waals surface area contributed by atoms with E-state index in [1.807, 2.05) is 0 Å². The van der Waals surface area contributed by atoms with Crippen LogP contribution in [0.15, 0.2) is 10.6 Å². The van der Waals surface area contributed by atoms with Gasteiger partial charge in [0.1, 0.15) is 5.76 Å². The van der Waals surface area contributed by atoms with Gasteiger partial charge in [0.15, 0.2) is 0 Å². The second-order valence-corrected chi connectivity index (χ2v) is 6.94.